The standard InChI is InChI=1S/C9H3ClN2O4/c10-9(14)7-2-6(12(15)16)1-5(4-13)8(7)3-11/h1-2,4H. The van der Waals surface area contributed by atoms with Gasteiger partial charge in [-0.2, -0.15) is 5.26 Å². The number of benzene rings is 1. The average Bonchev–Trinajstić information content (AvgIpc) is 2.26. The summed E-state index contributed by atoms with van der Waals surface area (Å²) in [7, 11) is 0. The van der Waals surface area contributed by atoms with Crippen molar-refractivity contribution < 1.29 is 14.5 Å². The van der Waals surface area contributed by atoms with Gasteiger partial charge in [0.2, 0.25) is 0 Å². The van der Waals surface area contributed by atoms with Gasteiger partial charge in [0.25, 0.3) is 10.9 Å². The average molecular weight is 239 g/mol. The fourth-order valence-electron chi connectivity index (χ4n) is 1.13. The molecule has 0 aliphatic rings. The second kappa shape index (κ2) is 4.51. The molecule has 0 bridgehead atoms. The Morgan fingerprint density at radius 3 is 2.56 bits per heavy atom. The molecule has 16 heavy (non-hydrogen) atoms. The van der Waals surface area contributed by atoms with Crippen LogP contribution in [0.2, 0.25) is 0 Å². The highest BCUT2D eigenvalue weighted by Gasteiger charge is 2.19. The van der Waals surface area contributed by atoms with Crippen LogP contribution in [0.5, 0.6) is 0 Å². The van der Waals surface area contributed by atoms with E-state index in [1.165, 1.54) is 0 Å². The third-order valence-electron chi connectivity index (χ3n) is 1.81. The number of aldehydes is 1. The second-order valence-corrected chi connectivity index (χ2v) is 3.06. The molecule has 0 heterocycles. The van der Waals surface area contributed by atoms with Crippen molar-refractivity contribution in [1.29, 1.82) is 5.26 Å². The number of rotatable bonds is 3. The zero-order valence-electron chi connectivity index (χ0n) is 7.64. The summed E-state index contributed by atoms with van der Waals surface area (Å²) in [6.45, 7) is 0. The quantitative estimate of drug-likeness (QED) is 0.345. The first kappa shape index (κ1) is 11.8. The van der Waals surface area contributed by atoms with E-state index in [4.69, 9.17) is 16.9 Å². The van der Waals surface area contributed by atoms with Crippen molar-refractivity contribution in [1.82, 2.24) is 0 Å². The van der Waals surface area contributed by atoms with Crippen LogP contribution in [0.4, 0.5) is 5.69 Å². The molecule has 0 saturated heterocycles. The summed E-state index contributed by atoms with van der Waals surface area (Å²) in [5.41, 5.74) is -1.31. The van der Waals surface area contributed by atoms with Gasteiger partial charge in [-0.3, -0.25) is 19.7 Å². The van der Waals surface area contributed by atoms with Gasteiger partial charge in [0.1, 0.15) is 6.07 Å². The fourth-order valence-corrected chi connectivity index (χ4v) is 1.28. The number of carbonyl (C=O) groups excluding carboxylic acids is 2. The molecule has 1 aromatic carbocycles. The van der Waals surface area contributed by atoms with Gasteiger partial charge in [-0.05, 0) is 11.6 Å². The molecule has 0 aromatic heterocycles. The molecule has 0 spiro atoms. The molecule has 0 amide bonds. The van der Waals surface area contributed by atoms with Crippen LogP contribution in [0.15, 0.2) is 12.1 Å². The normalized spacial score (nSPS) is 9.25. The van der Waals surface area contributed by atoms with E-state index in [-0.39, 0.29) is 23.0 Å². The van der Waals surface area contributed by atoms with E-state index in [1.807, 2.05) is 0 Å². The van der Waals surface area contributed by atoms with Crippen LogP contribution in [0.3, 0.4) is 0 Å². The maximum Gasteiger partial charge on any atom is 0.271 e. The first-order chi connectivity index (χ1) is 7.51. The van der Waals surface area contributed by atoms with Crippen molar-refractivity contribution in [3.8, 4) is 6.07 Å². The maximum atomic E-state index is 10.9. The molecule has 0 atom stereocenters. The van der Waals surface area contributed by atoms with Crippen molar-refractivity contribution in [3.63, 3.8) is 0 Å². The summed E-state index contributed by atoms with van der Waals surface area (Å²) in [6.07, 6.45) is 0.259. The zero-order valence-corrected chi connectivity index (χ0v) is 8.39. The molecule has 1 rings (SSSR count). The Kier molecular flexibility index (Phi) is 3.33. The topological polar surface area (TPSA) is 101 Å². The van der Waals surface area contributed by atoms with Gasteiger partial charge >= 0.3 is 0 Å². The van der Waals surface area contributed by atoms with E-state index in [2.05, 4.69) is 0 Å². The highest BCUT2D eigenvalue weighted by atomic mass is 35.5. The number of non-ortho nitro benzene ring substituents is 1. The predicted octanol–water partition coefficient (Wildman–Crippen LogP) is 1.66. The van der Waals surface area contributed by atoms with Crippen molar-refractivity contribution in [3.05, 3.63) is 38.9 Å². The Bertz CT molecular complexity index is 533. The molecule has 0 N–H and O–H groups in total. The van der Waals surface area contributed by atoms with Gasteiger partial charge in [-0.1, -0.05) is 0 Å². The van der Waals surface area contributed by atoms with Crippen LogP contribution >= 0.6 is 11.6 Å². The third kappa shape index (κ3) is 2.04. The number of nitro groups is 1. The summed E-state index contributed by atoms with van der Waals surface area (Å²) < 4.78 is 0. The minimum Gasteiger partial charge on any atom is -0.298 e. The van der Waals surface area contributed by atoms with E-state index in [1.54, 1.807) is 6.07 Å². The van der Waals surface area contributed by atoms with Gasteiger partial charge in [-0.25, -0.2) is 0 Å². The Morgan fingerprint density at radius 1 is 1.56 bits per heavy atom. The number of halogens is 1. The number of carbonyl (C=O) groups is 2. The van der Waals surface area contributed by atoms with Crippen LogP contribution < -0.4 is 0 Å². The zero-order chi connectivity index (χ0) is 12.3. The molecule has 0 fully saturated rings. The van der Waals surface area contributed by atoms with E-state index in [0.717, 1.165) is 12.1 Å². The molecule has 7 heteroatoms. The molecular weight excluding hydrogens is 236 g/mol. The molecule has 0 aliphatic carbocycles. The van der Waals surface area contributed by atoms with E-state index in [0.29, 0.717) is 0 Å². The summed E-state index contributed by atoms with van der Waals surface area (Å²) in [4.78, 5) is 31.3. The molecule has 0 radical (unpaired) electrons. The predicted molar refractivity (Wildman–Crippen MR) is 53.4 cm³/mol. The van der Waals surface area contributed by atoms with Crippen LogP contribution in [0, 0.1) is 21.4 Å². The maximum absolute atomic E-state index is 10.9. The molecule has 0 saturated carbocycles. The number of nitrogens with zero attached hydrogens (tertiary/aromatic N) is 2. The third-order valence-corrected chi connectivity index (χ3v) is 2.02. The van der Waals surface area contributed by atoms with Crippen molar-refractivity contribution in [2.75, 3.05) is 0 Å². The highest BCUT2D eigenvalue weighted by Crippen LogP contribution is 2.22. The highest BCUT2D eigenvalue weighted by molar-refractivity contribution is 6.68. The minimum atomic E-state index is -1.02. The Balaban J connectivity index is 3.64. The first-order valence-electron chi connectivity index (χ1n) is 3.88. The van der Waals surface area contributed by atoms with Crippen molar-refractivity contribution in [2.45, 2.75) is 0 Å². The second-order valence-electron chi connectivity index (χ2n) is 2.72. The van der Waals surface area contributed by atoms with E-state index >= 15 is 0 Å². The molecule has 80 valence electrons. The summed E-state index contributed by atoms with van der Waals surface area (Å²) in [5.74, 6) is 0. The van der Waals surface area contributed by atoms with Gasteiger partial charge in [0, 0.05) is 17.7 Å². The lowest BCUT2D eigenvalue weighted by atomic mass is 10.0. The smallest absolute Gasteiger partial charge is 0.271 e. The lowest BCUT2D eigenvalue weighted by Gasteiger charge is -2.01. The summed E-state index contributed by atoms with van der Waals surface area (Å²) in [5, 5.41) is 18.2. The Hall–Kier alpha value is -2.26. The monoisotopic (exact) mass is 238 g/mol. The minimum absolute atomic E-state index is 0.235. The molecule has 1 aromatic rings. The van der Waals surface area contributed by atoms with E-state index < -0.39 is 15.9 Å². The summed E-state index contributed by atoms with van der Waals surface area (Å²) in [6, 6.07) is 3.38. The summed E-state index contributed by atoms with van der Waals surface area (Å²) >= 11 is 5.16. The van der Waals surface area contributed by atoms with Crippen molar-refractivity contribution >= 4 is 28.8 Å². The van der Waals surface area contributed by atoms with Crippen LogP contribution in [0.1, 0.15) is 26.3 Å². The van der Waals surface area contributed by atoms with Gasteiger partial charge in [0.05, 0.1) is 16.1 Å². The molecule has 0 aliphatic heterocycles. The molecular formula is C9H3ClN2O4. The Labute approximate surface area is 94.2 Å². The number of hydrogen-bond acceptors (Lipinski definition) is 5. The van der Waals surface area contributed by atoms with Gasteiger partial charge < -0.3 is 0 Å². The van der Waals surface area contributed by atoms with Gasteiger partial charge in [-0.15, -0.1) is 0 Å². The number of nitriles is 1. The lowest BCUT2D eigenvalue weighted by molar-refractivity contribution is -0.384. The fraction of sp³-hybridized carbons (Fsp3) is 0. The number of nitro benzene ring substituents is 1. The van der Waals surface area contributed by atoms with Crippen LogP contribution in [0.25, 0.3) is 0 Å². The first-order valence-corrected chi connectivity index (χ1v) is 4.26. The largest absolute Gasteiger partial charge is 0.298 e. The van der Waals surface area contributed by atoms with Crippen LogP contribution in [-0.4, -0.2) is 16.5 Å². The number of hydrogen-bond donors (Lipinski definition) is 0. The lowest BCUT2D eigenvalue weighted by Crippen LogP contribution is -2.01. The SMILES string of the molecule is N#Cc1c(C=O)cc([N+](=O)[O-])cc1C(=O)Cl. The van der Waals surface area contributed by atoms with E-state index in [9.17, 15) is 19.7 Å². The molecule has 6 nitrogen and oxygen atoms in total. The van der Waals surface area contributed by atoms with Crippen LogP contribution in [-0.2, 0) is 0 Å². The van der Waals surface area contributed by atoms with Crippen molar-refractivity contribution in [2.24, 2.45) is 0 Å². The van der Waals surface area contributed by atoms with Gasteiger partial charge in [0.15, 0.2) is 6.29 Å². The Morgan fingerprint density at radius 2 is 2.19 bits per heavy atom. The molecule has 0 unspecified atom stereocenters.